The summed E-state index contributed by atoms with van der Waals surface area (Å²) >= 11 is 12.2. The first-order valence-corrected chi connectivity index (χ1v) is 14.3. The van der Waals surface area contributed by atoms with Crippen LogP contribution in [0.4, 0.5) is 11.4 Å². The van der Waals surface area contributed by atoms with Crippen molar-refractivity contribution < 1.29 is 8.42 Å². The Balaban J connectivity index is 1.64. The van der Waals surface area contributed by atoms with Crippen LogP contribution in [0.5, 0.6) is 0 Å². The summed E-state index contributed by atoms with van der Waals surface area (Å²) in [6.07, 6.45) is 4.94. The third kappa shape index (κ3) is 5.07. The van der Waals surface area contributed by atoms with Crippen LogP contribution in [0, 0.1) is 13.8 Å². The van der Waals surface area contributed by atoms with Gasteiger partial charge in [0.15, 0.2) is 5.11 Å². The number of hydrogen-bond donors (Lipinski definition) is 2. The van der Waals surface area contributed by atoms with Crippen LogP contribution >= 0.6 is 23.8 Å². The fraction of sp³-hybridized carbons (Fsp3) is 0.185. The van der Waals surface area contributed by atoms with Gasteiger partial charge in [-0.2, -0.15) is 0 Å². The van der Waals surface area contributed by atoms with Gasteiger partial charge in [-0.3, -0.25) is 9.71 Å². The fourth-order valence-electron chi connectivity index (χ4n) is 4.69. The Morgan fingerprint density at radius 1 is 1.00 bits per heavy atom. The summed E-state index contributed by atoms with van der Waals surface area (Å²) in [5, 5.41) is 4.75. The van der Waals surface area contributed by atoms with Crippen molar-refractivity contribution in [3.05, 3.63) is 107 Å². The molecule has 0 spiro atoms. The Kier molecular flexibility index (Phi) is 6.70. The molecule has 2 aromatic carbocycles. The highest BCUT2D eigenvalue weighted by atomic mass is 35.5. The van der Waals surface area contributed by atoms with E-state index in [0.717, 1.165) is 40.1 Å². The summed E-state index contributed by atoms with van der Waals surface area (Å²) in [6.45, 7) is 3.85. The van der Waals surface area contributed by atoms with E-state index in [1.807, 2.05) is 68.6 Å². The number of benzene rings is 2. The number of anilines is 2. The van der Waals surface area contributed by atoms with Crippen molar-refractivity contribution in [3.8, 4) is 5.69 Å². The standard InChI is InChI=1S/C27H26ClN5O2S2/c1-17-15-19(9-11-21(17)28)32-14-6-8-24(32)26-25(23-7-4-5-13-29-23)30-27(36)33(26)20-10-12-22(18(2)16-20)31-37(3,34)35/h4-16,25-26,31H,1-3H3,(H,30,36)/t25-,26-/m1/s1. The van der Waals surface area contributed by atoms with E-state index in [4.69, 9.17) is 23.8 Å². The average Bonchev–Trinajstić information content (AvgIpc) is 3.46. The maximum Gasteiger partial charge on any atom is 0.229 e. The molecule has 0 aliphatic carbocycles. The first kappa shape index (κ1) is 25.3. The highest BCUT2D eigenvalue weighted by Gasteiger charge is 2.42. The van der Waals surface area contributed by atoms with Crippen molar-refractivity contribution in [1.82, 2.24) is 14.9 Å². The minimum Gasteiger partial charge on any atom is -0.351 e. The van der Waals surface area contributed by atoms with Crippen molar-refractivity contribution >= 4 is 50.3 Å². The SMILES string of the molecule is Cc1cc(-n2cccc2[C@@H]2[C@@H](c3ccccn3)NC(=S)N2c2ccc(NS(C)(=O)=O)c(C)c2)ccc1Cl. The third-order valence-corrected chi connectivity index (χ3v) is 7.71. The van der Waals surface area contributed by atoms with Crippen molar-refractivity contribution in [2.24, 2.45) is 0 Å². The van der Waals surface area contributed by atoms with E-state index in [1.165, 1.54) is 0 Å². The Labute approximate surface area is 227 Å². The zero-order valence-corrected chi connectivity index (χ0v) is 22.9. The number of halogens is 1. The number of sulfonamides is 1. The topological polar surface area (TPSA) is 79.3 Å². The molecule has 37 heavy (non-hydrogen) atoms. The molecule has 190 valence electrons. The van der Waals surface area contributed by atoms with Crippen LogP contribution in [-0.2, 0) is 10.0 Å². The molecule has 5 rings (SSSR count). The lowest BCUT2D eigenvalue weighted by molar-refractivity contribution is 0.549. The quantitative estimate of drug-likeness (QED) is 0.300. The molecule has 4 aromatic rings. The number of hydrogen-bond acceptors (Lipinski definition) is 4. The Bertz CT molecular complexity index is 1590. The van der Waals surface area contributed by atoms with Crippen molar-refractivity contribution in [2.45, 2.75) is 25.9 Å². The van der Waals surface area contributed by atoms with Crippen molar-refractivity contribution in [2.75, 3.05) is 15.9 Å². The van der Waals surface area contributed by atoms with Crippen LogP contribution in [0.2, 0.25) is 5.02 Å². The highest BCUT2D eigenvalue weighted by molar-refractivity contribution is 7.92. The molecule has 3 heterocycles. The Hall–Kier alpha value is -3.40. The van der Waals surface area contributed by atoms with E-state index in [0.29, 0.717) is 15.8 Å². The number of nitrogens with zero attached hydrogens (tertiary/aromatic N) is 3. The summed E-state index contributed by atoms with van der Waals surface area (Å²) in [5.41, 5.74) is 6.02. The van der Waals surface area contributed by atoms with Gasteiger partial charge in [-0.1, -0.05) is 17.7 Å². The summed E-state index contributed by atoms with van der Waals surface area (Å²) in [6, 6.07) is 21.0. The molecule has 0 unspecified atom stereocenters. The van der Waals surface area contributed by atoms with Gasteiger partial charge in [0.1, 0.15) is 6.04 Å². The molecule has 2 aromatic heterocycles. The van der Waals surface area contributed by atoms with E-state index >= 15 is 0 Å². The van der Waals surface area contributed by atoms with Crippen LogP contribution in [0.3, 0.4) is 0 Å². The summed E-state index contributed by atoms with van der Waals surface area (Å²) < 4.78 is 28.3. The molecule has 7 nitrogen and oxygen atoms in total. The van der Waals surface area contributed by atoms with E-state index < -0.39 is 10.0 Å². The first-order chi connectivity index (χ1) is 17.6. The number of rotatable bonds is 6. The van der Waals surface area contributed by atoms with Crippen LogP contribution in [-0.4, -0.2) is 29.3 Å². The van der Waals surface area contributed by atoms with Gasteiger partial charge in [0, 0.05) is 34.5 Å². The van der Waals surface area contributed by atoms with Gasteiger partial charge in [-0.05, 0) is 97.9 Å². The smallest absolute Gasteiger partial charge is 0.229 e. The zero-order valence-electron chi connectivity index (χ0n) is 20.5. The van der Waals surface area contributed by atoms with Crippen LogP contribution in [0.1, 0.15) is 34.6 Å². The molecule has 2 atom stereocenters. The first-order valence-electron chi connectivity index (χ1n) is 11.7. The van der Waals surface area contributed by atoms with Gasteiger partial charge in [-0.15, -0.1) is 0 Å². The lowest BCUT2D eigenvalue weighted by Crippen LogP contribution is -2.30. The lowest BCUT2D eigenvalue weighted by Gasteiger charge is -2.29. The summed E-state index contributed by atoms with van der Waals surface area (Å²) in [5.74, 6) is 0. The second kappa shape index (κ2) is 9.81. The van der Waals surface area contributed by atoms with Gasteiger partial charge in [-0.25, -0.2) is 8.42 Å². The molecule has 1 saturated heterocycles. The number of aryl methyl sites for hydroxylation is 2. The highest BCUT2D eigenvalue weighted by Crippen LogP contribution is 2.43. The molecule has 0 amide bonds. The number of nitrogens with one attached hydrogen (secondary N) is 2. The molecule has 2 N–H and O–H groups in total. The largest absolute Gasteiger partial charge is 0.351 e. The van der Waals surface area contributed by atoms with Gasteiger partial charge in [0.2, 0.25) is 10.0 Å². The van der Waals surface area contributed by atoms with Crippen LogP contribution in [0.15, 0.2) is 79.1 Å². The predicted molar refractivity (Wildman–Crippen MR) is 153 cm³/mol. The van der Waals surface area contributed by atoms with Crippen LogP contribution in [0.25, 0.3) is 5.69 Å². The Morgan fingerprint density at radius 3 is 2.43 bits per heavy atom. The van der Waals surface area contributed by atoms with Gasteiger partial charge in [0.05, 0.1) is 23.7 Å². The average molecular weight is 552 g/mol. The van der Waals surface area contributed by atoms with E-state index in [-0.39, 0.29) is 12.1 Å². The molecule has 1 aliphatic rings. The maximum absolute atomic E-state index is 11.8. The maximum atomic E-state index is 11.8. The minimum absolute atomic E-state index is 0.218. The van der Waals surface area contributed by atoms with E-state index in [2.05, 4.69) is 36.6 Å². The van der Waals surface area contributed by atoms with E-state index in [9.17, 15) is 8.42 Å². The fourth-order valence-corrected chi connectivity index (χ4v) is 5.79. The Morgan fingerprint density at radius 2 is 1.76 bits per heavy atom. The lowest BCUT2D eigenvalue weighted by atomic mass is 10.00. The predicted octanol–water partition coefficient (Wildman–Crippen LogP) is 5.69. The van der Waals surface area contributed by atoms with Crippen molar-refractivity contribution in [3.63, 3.8) is 0 Å². The van der Waals surface area contributed by atoms with Crippen LogP contribution < -0.4 is 14.9 Å². The van der Waals surface area contributed by atoms with Crippen molar-refractivity contribution in [1.29, 1.82) is 0 Å². The third-order valence-electron chi connectivity index (χ3n) is 6.38. The molecule has 0 saturated carbocycles. The minimum atomic E-state index is -3.40. The summed E-state index contributed by atoms with van der Waals surface area (Å²) in [4.78, 5) is 6.70. The number of aromatic nitrogens is 2. The second-order valence-electron chi connectivity index (χ2n) is 9.11. The van der Waals surface area contributed by atoms with E-state index in [1.54, 1.807) is 12.3 Å². The molecule has 0 radical (unpaired) electrons. The monoisotopic (exact) mass is 551 g/mol. The second-order valence-corrected chi connectivity index (χ2v) is 11.6. The zero-order chi connectivity index (χ0) is 26.3. The number of pyridine rings is 1. The molecule has 10 heteroatoms. The number of thiocarbonyl (C=S) groups is 1. The van der Waals surface area contributed by atoms with Gasteiger partial charge in [0.25, 0.3) is 0 Å². The molecule has 0 bridgehead atoms. The summed E-state index contributed by atoms with van der Waals surface area (Å²) in [7, 11) is -3.40. The molecular weight excluding hydrogens is 526 g/mol. The molecular formula is C27H26ClN5O2S2. The molecule has 1 aliphatic heterocycles. The normalized spacial score (nSPS) is 17.6. The molecule has 1 fully saturated rings. The van der Waals surface area contributed by atoms with Gasteiger partial charge < -0.3 is 14.8 Å². The van der Waals surface area contributed by atoms with Gasteiger partial charge >= 0.3 is 0 Å².